The molecule has 0 atom stereocenters. The maximum Gasteiger partial charge on any atom is 0.324 e. The highest BCUT2D eigenvalue weighted by Crippen LogP contribution is 2.33. The highest BCUT2D eigenvalue weighted by atomic mass is 35.5. The maximum absolute atomic E-state index is 11.9. The molecule has 2 N–H and O–H groups in total. The van der Waals surface area contributed by atoms with Gasteiger partial charge >= 0.3 is 6.03 Å². The smallest absolute Gasteiger partial charge is 0.324 e. The van der Waals surface area contributed by atoms with Gasteiger partial charge in [-0.15, -0.1) is 0 Å². The van der Waals surface area contributed by atoms with E-state index in [-0.39, 0.29) is 17.5 Å². The van der Waals surface area contributed by atoms with E-state index >= 15 is 0 Å². The molecule has 4 heterocycles. The molecule has 8 nitrogen and oxygen atoms in total. The number of morpholine rings is 1. The zero-order valence-corrected chi connectivity index (χ0v) is 15.9. The number of ether oxygens (including phenoxy) is 1. The number of rotatable bonds is 3. The molecule has 3 aliphatic rings. The van der Waals surface area contributed by atoms with Crippen molar-refractivity contribution in [1.29, 1.82) is 0 Å². The van der Waals surface area contributed by atoms with Crippen molar-refractivity contribution in [2.24, 2.45) is 0 Å². The quantitative estimate of drug-likeness (QED) is 0.800. The summed E-state index contributed by atoms with van der Waals surface area (Å²) in [5, 5.41) is 6.32. The summed E-state index contributed by atoms with van der Waals surface area (Å²) in [6.07, 6.45) is 4.08. The molecule has 1 aromatic rings. The normalized spacial score (nSPS) is 22.9. The van der Waals surface area contributed by atoms with Crippen LogP contribution in [0.4, 0.5) is 10.5 Å². The largest absolute Gasteiger partial charge is 0.371 e. The molecule has 0 saturated carbocycles. The number of halogens is 1. The molecular weight excluding hydrogens is 370 g/mol. The van der Waals surface area contributed by atoms with Gasteiger partial charge in [-0.1, -0.05) is 11.6 Å². The number of anilines is 1. The van der Waals surface area contributed by atoms with Crippen LogP contribution in [0, 0.1) is 0 Å². The zero-order chi connectivity index (χ0) is 18.9. The molecule has 146 valence electrons. The second-order valence-electron chi connectivity index (χ2n) is 7.35. The molecule has 3 aliphatic heterocycles. The van der Waals surface area contributed by atoms with E-state index in [1.807, 2.05) is 6.07 Å². The summed E-state index contributed by atoms with van der Waals surface area (Å²) >= 11 is 6.56. The number of pyridine rings is 1. The fourth-order valence-corrected chi connectivity index (χ4v) is 4.26. The van der Waals surface area contributed by atoms with Crippen molar-refractivity contribution in [1.82, 2.24) is 20.5 Å². The van der Waals surface area contributed by atoms with Gasteiger partial charge in [0, 0.05) is 26.1 Å². The standard InChI is InChI=1S/C18H24ClN5O3/c19-14-9-13(11-23-6-1-16(25)22-17(23)26)21-10-15(14)24-7-8-27-18(12-24)2-4-20-5-3-18/h9-10,20H,1-8,11-12H2,(H,22,25,26). The Balaban J connectivity index is 1.45. The van der Waals surface area contributed by atoms with Crippen LogP contribution in [0.5, 0.6) is 0 Å². The van der Waals surface area contributed by atoms with Gasteiger partial charge in [0.05, 0.1) is 41.4 Å². The highest BCUT2D eigenvalue weighted by molar-refractivity contribution is 6.33. The minimum absolute atomic E-state index is 0.107. The van der Waals surface area contributed by atoms with Crippen molar-refractivity contribution < 1.29 is 14.3 Å². The number of nitrogens with one attached hydrogen (secondary N) is 2. The van der Waals surface area contributed by atoms with E-state index in [1.165, 1.54) is 0 Å². The predicted octanol–water partition coefficient (Wildman–Crippen LogP) is 1.14. The lowest BCUT2D eigenvalue weighted by Crippen LogP contribution is -2.56. The van der Waals surface area contributed by atoms with Gasteiger partial charge in [-0.05, 0) is 32.0 Å². The molecule has 3 saturated heterocycles. The Morgan fingerprint density at radius 3 is 2.81 bits per heavy atom. The summed E-state index contributed by atoms with van der Waals surface area (Å²) in [6, 6.07) is 1.43. The summed E-state index contributed by atoms with van der Waals surface area (Å²) in [4.78, 5) is 31.5. The van der Waals surface area contributed by atoms with Crippen LogP contribution in [0.1, 0.15) is 25.0 Å². The van der Waals surface area contributed by atoms with Crippen LogP contribution in [-0.4, -0.2) is 66.8 Å². The third kappa shape index (κ3) is 4.02. The molecule has 0 aromatic carbocycles. The SMILES string of the molecule is O=C1CCN(Cc2cc(Cl)c(N3CCOC4(CCNCC4)C3)cn2)C(=O)N1. The first-order chi connectivity index (χ1) is 13.0. The molecule has 1 spiro atoms. The Morgan fingerprint density at radius 2 is 2.07 bits per heavy atom. The van der Waals surface area contributed by atoms with Crippen LogP contribution in [0.2, 0.25) is 5.02 Å². The van der Waals surface area contributed by atoms with E-state index in [9.17, 15) is 9.59 Å². The van der Waals surface area contributed by atoms with Crippen LogP contribution in [0.15, 0.2) is 12.3 Å². The van der Waals surface area contributed by atoms with Gasteiger partial charge in [0.15, 0.2) is 0 Å². The van der Waals surface area contributed by atoms with Crippen molar-refractivity contribution >= 4 is 29.2 Å². The second-order valence-corrected chi connectivity index (χ2v) is 7.76. The van der Waals surface area contributed by atoms with Gasteiger partial charge in [-0.3, -0.25) is 15.1 Å². The van der Waals surface area contributed by atoms with Gasteiger partial charge in [0.2, 0.25) is 5.91 Å². The first-order valence-electron chi connectivity index (χ1n) is 9.37. The van der Waals surface area contributed by atoms with E-state index in [0.29, 0.717) is 36.8 Å². The minimum Gasteiger partial charge on any atom is -0.371 e. The summed E-state index contributed by atoms with van der Waals surface area (Å²) in [5.41, 5.74) is 1.50. The summed E-state index contributed by atoms with van der Waals surface area (Å²) in [5.74, 6) is -0.239. The van der Waals surface area contributed by atoms with Crippen molar-refractivity contribution in [3.8, 4) is 0 Å². The fourth-order valence-electron chi connectivity index (χ4n) is 3.96. The molecule has 9 heteroatoms. The number of hydrogen-bond donors (Lipinski definition) is 2. The van der Waals surface area contributed by atoms with E-state index in [1.54, 1.807) is 11.1 Å². The van der Waals surface area contributed by atoms with Crippen molar-refractivity contribution in [3.63, 3.8) is 0 Å². The molecule has 0 aliphatic carbocycles. The molecule has 0 unspecified atom stereocenters. The van der Waals surface area contributed by atoms with E-state index in [2.05, 4.69) is 20.5 Å². The van der Waals surface area contributed by atoms with E-state index < -0.39 is 0 Å². The Kier molecular flexibility index (Phi) is 5.21. The van der Waals surface area contributed by atoms with Gasteiger partial charge in [0.25, 0.3) is 0 Å². The van der Waals surface area contributed by atoms with Crippen molar-refractivity contribution in [2.45, 2.75) is 31.4 Å². The first kappa shape index (κ1) is 18.5. The zero-order valence-electron chi connectivity index (χ0n) is 15.2. The molecule has 1 aromatic heterocycles. The molecule has 4 rings (SSSR count). The van der Waals surface area contributed by atoms with Crippen LogP contribution in [0.25, 0.3) is 0 Å². The molecular formula is C18H24ClN5O3. The lowest BCUT2D eigenvalue weighted by atomic mass is 9.90. The molecule has 0 bridgehead atoms. The van der Waals surface area contributed by atoms with Crippen LogP contribution in [0.3, 0.4) is 0 Å². The lowest BCUT2D eigenvalue weighted by Gasteiger charge is -2.46. The average Bonchev–Trinajstić information content (AvgIpc) is 2.65. The highest BCUT2D eigenvalue weighted by Gasteiger charge is 2.38. The summed E-state index contributed by atoms with van der Waals surface area (Å²) in [7, 11) is 0. The van der Waals surface area contributed by atoms with Crippen LogP contribution >= 0.6 is 11.6 Å². The Labute approximate surface area is 163 Å². The monoisotopic (exact) mass is 393 g/mol. The number of hydrogen-bond acceptors (Lipinski definition) is 6. The van der Waals surface area contributed by atoms with Gasteiger partial charge in [-0.2, -0.15) is 0 Å². The molecule has 3 fully saturated rings. The van der Waals surface area contributed by atoms with Gasteiger partial charge < -0.3 is 19.9 Å². The van der Waals surface area contributed by atoms with E-state index in [0.717, 1.165) is 44.7 Å². The minimum atomic E-state index is -0.380. The third-order valence-corrected chi connectivity index (χ3v) is 5.79. The number of piperidine rings is 1. The van der Waals surface area contributed by atoms with Crippen LogP contribution < -0.4 is 15.5 Å². The Morgan fingerprint density at radius 1 is 1.26 bits per heavy atom. The van der Waals surface area contributed by atoms with E-state index in [4.69, 9.17) is 16.3 Å². The van der Waals surface area contributed by atoms with Crippen molar-refractivity contribution in [3.05, 3.63) is 23.0 Å². The predicted molar refractivity (Wildman–Crippen MR) is 101 cm³/mol. The number of amides is 3. The fraction of sp³-hybridized carbons (Fsp3) is 0.611. The Bertz CT molecular complexity index is 732. The maximum atomic E-state index is 11.9. The number of carbonyl (C=O) groups is 2. The topological polar surface area (TPSA) is 86.8 Å². The summed E-state index contributed by atoms with van der Waals surface area (Å²) < 4.78 is 6.12. The summed E-state index contributed by atoms with van der Waals surface area (Å²) in [6.45, 7) is 4.95. The average molecular weight is 394 g/mol. The number of nitrogens with zero attached hydrogens (tertiary/aromatic N) is 3. The van der Waals surface area contributed by atoms with Gasteiger partial charge in [0.1, 0.15) is 0 Å². The Hall–Kier alpha value is -1.90. The number of imide groups is 1. The van der Waals surface area contributed by atoms with Gasteiger partial charge in [-0.25, -0.2) is 4.79 Å². The third-order valence-electron chi connectivity index (χ3n) is 5.49. The first-order valence-corrected chi connectivity index (χ1v) is 9.75. The molecule has 0 radical (unpaired) electrons. The lowest BCUT2D eigenvalue weighted by molar-refractivity contribution is -0.121. The van der Waals surface area contributed by atoms with Crippen LogP contribution in [-0.2, 0) is 16.1 Å². The molecule has 3 amide bonds. The number of aromatic nitrogens is 1. The molecule has 27 heavy (non-hydrogen) atoms. The number of urea groups is 1. The van der Waals surface area contributed by atoms with Crippen molar-refractivity contribution in [2.75, 3.05) is 44.2 Å². The number of carbonyl (C=O) groups excluding carboxylic acids is 2. The second kappa shape index (κ2) is 7.61.